The summed E-state index contributed by atoms with van der Waals surface area (Å²) in [6.07, 6.45) is 0. The van der Waals surface area contributed by atoms with Gasteiger partial charge in [-0.2, -0.15) is 0 Å². The third-order valence-corrected chi connectivity index (χ3v) is 9.62. The van der Waals surface area contributed by atoms with E-state index in [1.54, 1.807) is 0 Å². The predicted octanol–water partition coefficient (Wildman–Crippen LogP) is 13.6. The molecule has 0 amide bonds. The van der Waals surface area contributed by atoms with E-state index in [1.807, 2.05) is 0 Å². The van der Waals surface area contributed by atoms with Gasteiger partial charge in [0.15, 0.2) is 0 Å². The van der Waals surface area contributed by atoms with Crippen LogP contribution in [0.2, 0.25) is 0 Å². The largest absolute Gasteiger partial charge is 0.309 e. The van der Waals surface area contributed by atoms with Crippen molar-refractivity contribution in [3.05, 3.63) is 200 Å². The maximum Gasteiger partial charge on any atom is 0.0546 e. The molecule has 230 valence electrons. The van der Waals surface area contributed by atoms with Gasteiger partial charge in [0, 0.05) is 16.6 Å². The molecule has 0 saturated heterocycles. The fourth-order valence-electron chi connectivity index (χ4n) is 7.40. The van der Waals surface area contributed by atoms with Crippen LogP contribution >= 0.6 is 0 Å². The monoisotopic (exact) mass is 623 g/mol. The first-order valence-electron chi connectivity index (χ1n) is 16.9. The summed E-state index contributed by atoms with van der Waals surface area (Å²) in [7, 11) is 0. The lowest BCUT2D eigenvalue weighted by molar-refractivity contribution is 1.30. The molecule has 1 heteroatoms. The lowest BCUT2D eigenvalue weighted by Crippen LogP contribution is -2.12. The third kappa shape index (κ3) is 5.13. The molecule has 1 nitrogen and oxygen atoms in total. The summed E-state index contributed by atoms with van der Waals surface area (Å²) < 4.78 is 0. The Kier molecular flexibility index (Phi) is 7.22. The molecule has 0 unspecified atom stereocenters. The number of hydrogen-bond donors (Lipinski definition) is 0. The zero-order chi connectivity index (χ0) is 32.6. The van der Waals surface area contributed by atoms with Crippen LogP contribution in [0.15, 0.2) is 200 Å². The maximum absolute atomic E-state index is 2.45. The highest BCUT2D eigenvalue weighted by Gasteiger charge is 2.23. The van der Waals surface area contributed by atoms with Gasteiger partial charge in [-0.15, -0.1) is 0 Å². The molecule has 0 heterocycles. The van der Waals surface area contributed by atoms with Gasteiger partial charge < -0.3 is 4.90 Å². The molecule has 9 aromatic rings. The van der Waals surface area contributed by atoms with Gasteiger partial charge in [-0.1, -0.05) is 164 Å². The second-order valence-corrected chi connectivity index (χ2v) is 12.5. The topological polar surface area (TPSA) is 3.24 Å². The van der Waals surface area contributed by atoms with Crippen LogP contribution in [0.1, 0.15) is 0 Å². The van der Waals surface area contributed by atoms with E-state index < -0.39 is 0 Å². The second-order valence-electron chi connectivity index (χ2n) is 12.5. The van der Waals surface area contributed by atoms with Crippen LogP contribution in [0.25, 0.3) is 65.7 Å². The maximum atomic E-state index is 2.45. The van der Waals surface area contributed by atoms with Crippen molar-refractivity contribution >= 4 is 49.4 Å². The Morgan fingerprint density at radius 2 is 0.837 bits per heavy atom. The fourth-order valence-corrected chi connectivity index (χ4v) is 7.40. The average Bonchev–Trinajstić information content (AvgIpc) is 3.18. The first-order valence-corrected chi connectivity index (χ1v) is 16.9. The molecule has 0 bridgehead atoms. The Morgan fingerprint density at radius 1 is 0.286 bits per heavy atom. The molecular weight excluding hydrogens is 591 g/mol. The fraction of sp³-hybridized carbons (Fsp3) is 0. The van der Waals surface area contributed by atoms with Gasteiger partial charge in [0.05, 0.1) is 11.4 Å². The van der Waals surface area contributed by atoms with Crippen LogP contribution < -0.4 is 4.90 Å². The van der Waals surface area contributed by atoms with Gasteiger partial charge in [0.1, 0.15) is 0 Å². The Bertz CT molecular complexity index is 2600. The quantitative estimate of drug-likeness (QED) is 0.167. The van der Waals surface area contributed by atoms with Gasteiger partial charge in [0.2, 0.25) is 0 Å². The van der Waals surface area contributed by atoms with Crippen molar-refractivity contribution in [3.63, 3.8) is 0 Å². The molecule has 49 heavy (non-hydrogen) atoms. The molecule has 0 aliphatic carbocycles. The molecule has 9 rings (SSSR count). The molecule has 0 aromatic heterocycles. The van der Waals surface area contributed by atoms with Gasteiger partial charge in [0.25, 0.3) is 0 Å². The van der Waals surface area contributed by atoms with Crippen LogP contribution in [-0.4, -0.2) is 0 Å². The van der Waals surface area contributed by atoms with E-state index in [-0.39, 0.29) is 0 Å². The SMILES string of the molecule is c1ccc(-c2cccc(-c3cccc(N(c4ccccc4)c4cccc5ccccc45)c3-c3cc4ccccc4c4ccccc34)c2)cc1. The van der Waals surface area contributed by atoms with E-state index in [1.165, 1.54) is 65.7 Å². The average molecular weight is 624 g/mol. The normalized spacial score (nSPS) is 11.3. The van der Waals surface area contributed by atoms with Crippen molar-refractivity contribution in [2.75, 3.05) is 4.90 Å². The molecule has 0 spiro atoms. The summed E-state index contributed by atoms with van der Waals surface area (Å²) in [5.41, 5.74) is 10.6. The van der Waals surface area contributed by atoms with Crippen molar-refractivity contribution in [3.8, 4) is 33.4 Å². The van der Waals surface area contributed by atoms with Crippen molar-refractivity contribution in [2.24, 2.45) is 0 Å². The molecular formula is C48H33N. The van der Waals surface area contributed by atoms with E-state index in [0.717, 1.165) is 17.1 Å². The number of para-hydroxylation sites is 1. The smallest absolute Gasteiger partial charge is 0.0546 e. The second kappa shape index (κ2) is 12.3. The van der Waals surface area contributed by atoms with E-state index in [9.17, 15) is 0 Å². The summed E-state index contributed by atoms with van der Waals surface area (Å²) in [6.45, 7) is 0. The first kappa shape index (κ1) is 28.8. The zero-order valence-electron chi connectivity index (χ0n) is 27.0. The Balaban J connectivity index is 1.41. The summed E-state index contributed by atoms with van der Waals surface area (Å²) in [6, 6.07) is 72.6. The van der Waals surface area contributed by atoms with Gasteiger partial charge >= 0.3 is 0 Å². The number of nitrogens with zero attached hydrogens (tertiary/aromatic N) is 1. The predicted molar refractivity (Wildman–Crippen MR) is 210 cm³/mol. The van der Waals surface area contributed by atoms with Crippen molar-refractivity contribution < 1.29 is 0 Å². The van der Waals surface area contributed by atoms with Gasteiger partial charge in [-0.05, 0) is 91.1 Å². The molecule has 0 fully saturated rings. The highest BCUT2D eigenvalue weighted by Crippen LogP contribution is 2.49. The first-order chi connectivity index (χ1) is 24.3. The number of benzene rings is 9. The standard InChI is InChI=1S/C48H33N/c1-3-16-34(17-4-1)36-21-13-22-37(32-36)42-29-15-31-47(48(42)45-33-38-19-8-9-25-40(38)43-27-11-12-28-44(43)45)49(39-23-5-2-6-24-39)46-30-14-20-35-18-7-10-26-41(35)46/h1-33H. The summed E-state index contributed by atoms with van der Waals surface area (Å²) in [5.74, 6) is 0. The summed E-state index contributed by atoms with van der Waals surface area (Å²) in [5, 5.41) is 7.41. The molecule has 9 aromatic carbocycles. The van der Waals surface area contributed by atoms with Crippen molar-refractivity contribution in [1.82, 2.24) is 0 Å². The molecule has 0 saturated carbocycles. The number of anilines is 3. The number of fused-ring (bicyclic) bond motifs is 4. The number of hydrogen-bond acceptors (Lipinski definition) is 1. The van der Waals surface area contributed by atoms with Crippen molar-refractivity contribution in [1.29, 1.82) is 0 Å². The summed E-state index contributed by atoms with van der Waals surface area (Å²) in [4.78, 5) is 2.45. The summed E-state index contributed by atoms with van der Waals surface area (Å²) >= 11 is 0. The van der Waals surface area contributed by atoms with E-state index in [0.29, 0.717) is 0 Å². The van der Waals surface area contributed by atoms with Crippen LogP contribution in [0.4, 0.5) is 17.1 Å². The Hall–Kier alpha value is -6.44. The molecule has 0 aliphatic heterocycles. The molecule has 0 atom stereocenters. The van der Waals surface area contributed by atoms with Crippen molar-refractivity contribution in [2.45, 2.75) is 0 Å². The van der Waals surface area contributed by atoms with E-state index in [4.69, 9.17) is 0 Å². The third-order valence-electron chi connectivity index (χ3n) is 9.62. The van der Waals surface area contributed by atoms with E-state index in [2.05, 4.69) is 205 Å². The Morgan fingerprint density at radius 3 is 1.65 bits per heavy atom. The molecule has 0 N–H and O–H groups in total. The van der Waals surface area contributed by atoms with E-state index >= 15 is 0 Å². The highest BCUT2D eigenvalue weighted by atomic mass is 15.1. The van der Waals surface area contributed by atoms with Crippen LogP contribution in [-0.2, 0) is 0 Å². The Labute approximate surface area is 287 Å². The minimum atomic E-state index is 1.11. The lowest BCUT2D eigenvalue weighted by Gasteiger charge is -2.30. The molecule has 0 aliphatic rings. The minimum absolute atomic E-state index is 1.11. The molecule has 0 radical (unpaired) electrons. The zero-order valence-corrected chi connectivity index (χ0v) is 27.0. The number of rotatable bonds is 6. The lowest BCUT2D eigenvalue weighted by atomic mass is 9.86. The van der Waals surface area contributed by atoms with Gasteiger partial charge in [-0.25, -0.2) is 0 Å². The van der Waals surface area contributed by atoms with Crippen LogP contribution in [0.3, 0.4) is 0 Å². The van der Waals surface area contributed by atoms with Crippen LogP contribution in [0.5, 0.6) is 0 Å². The minimum Gasteiger partial charge on any atom is -0.309 e. The highest BCUT2D eigenvalue weighted by molar-refractivity contribution is 6.17. The van der Waals surface area contributed by atoms with Crippen LogP contribution in [0, 0.1) is 0 Å². The van der Waals surface area contributed by atoms with Gasteiger partial charge in [-0.3, -0.25) is 0 Å².